The van der Waals surface area contributed by atoms with E-state index < -0.39 is 43.2 Å². The fourth-order valence-corrected chi connectivity index (χ4v) is 4.51. The number of rotatable bonds is 11. The average molecular weight is 533 g/mol. The maximum Gasteiger partial charge on any atom is 0.407 e. The van der Waals surface area contributed by atoms with Crippen molar-refractivity contribution in [1.82, 2.24) is 5.32 Å². The molecule has 0 fully saturated rings. The number of methoxy groups -OCH3 is 1. The van der Waals surface area contributed by atoms with Gasteiger partial charge in [0, 0.05) is 18.0 Å². The Hall–Kier alpha value is -4.70. The van der Waals surface area contributed by atoms with E-state index in [0.29, 0.717) is 11.3 Å². The molecule has 3 aromatic rings. The van der Waals surface area contributed by atoms with Gasteiger partial charge in [-0.15, -0.1) is 0 Å². The Kier molecular flexibility index (Phi) is 8.90. The molecule has 0 radical (unpaired) electrons. The molecule has 0 saturated heterocycles. The summed E-state index contributed by atoms with van der Waals surface area (Å²) in [6.45, 7) is -0.862. The normalized spacial score (nSPS) is 12.5. The molecule has 3 N–H and O–H groups in total. The van der Waals surface area contributed by atoms with Crippen LogP contribution in [0.2, 0.25) is 0 Å². The first-order chi connectivity index (χ1) is 18.9. The molecule has 1 atom stereocenters. The van der Waals surface area contributed by atoms with Crippen LogP contribution in [0, 0.1) is 0 Å². The molecule has 1 aliphatic rings. The summed E-state index contributed by atoms with van der Waals surface area (Å²) in [5.41, 5.74) is 5.54. The zero-order chi connectivity index (χ0) is 27.8. The number of amides is 2. The maximum absolute atomic E-state index is 12.7. The lowest BCUT2D eigenvalue weighted by molar-refractivity contribution is -0.144. The van der Waals surface area contributed by atoms with Crippen LogP contribution in [0.4, 0.5) is 10.5 Å². The minimum Gasteiger partial charge on any atom is -0.480 e. The highest BCUT2D eigenvalue weighted by molar-refractivity contribution is 5.91. The number of anilines is 1. The van der Waals surface area contributed by atoms with Gasteiger partial charge in [0.15, 0.2) is 0 Å². The number of hydrogen-bond donors (Lipinski definition) is 3. The van der Waals surface area contributed by atoms with E-state index in [1.807, 2.05) is 48.5 Å². The molecule has 202 valence electrons. The van der Waals surface area contributed by atoms with Crippen LogP contribution in [0.3, 0.4) is 0 Å². The lowest BCUT2D eigenvalue weighted by Crippen LogP contribution is -2.43. The molecule has 0 bridgehead atoms. The van der Waals surface area contributed by atoms with Crippen molar-refractivity contribution >= 4 is 29.6 Å². The number of alkyl carbamates (subject to hydrolysis) is 1. The summed E-state index contributed by atoms with van der Waals surface area (Å²) >= 11 is 0. The molecule has 10 nitrogen and oxygen atoms in total. The van der Waals surface area contributed by atoms with Gasteiger partial charge in [-0.05, 0) is 39.9 Å². The molecule has 39 heavy (non-hydrogen) atoms. The molecular formula is C29H28N2O8. The summed E-state index contributed by atoms with van der Waals surface area (Å²) in [6, 6.07) is 21.6. The summed E-state index contributed by atoms with van der Waals surface area (Å²) in [4.78, 5) is 47.4. The highest BCUT2D eigenvalue weighted by atomic mass is 16.6. The SMILES string of the molecule is COC(=O)C(Cc1ccc(NC(=O)COCC(=O)O)cc1)NC(=O)OCC1c2ccccc2-c2ccccc21. The Labute approximate surface area is 224 Å². The molecule has 0 saturated carbocycles. The van der Waals surface area contributed by atoms with Crippen molar-refractivity contribution in [3.63, 3.8) is 0 Å². The summed E-state index contributed by atoms with van der Waals surface area (Å²) < 4.78 is 15.2. The van der Waals surface area contributed by atoms with Crippen LogP contribution >= 0.6 is 0 Å². The average Bonchev–Trinajstić information content (AvgIpc) is 3.25. The van der Waals surface area contributed by atoms with E-state index in [0.717, 1.165) is 22.3 Å². The van der Waals surface area contributed by atoms with E-state index in [4.69, 9.17) is 19.3 Å². The van der Waals surface area contributed by atoms with Gasteiger partial charge in [-0.3, -0.25) is 4.79 Å². The summed E-state index contributed by atoms with van der Waals surface area (Å²) in [6.07, 6.45) is -0.607. The van der Waals surface area contributed by atoms with E-state index in [1.165, 1.54) is 7.11 Å². The van der Waals surface area contributed by atoms with Crippen molar-refractivity contribution in [2.75, 3.05) is 32.2 Å². The van der Waals surface area contributed by atoms with Gasteiger partial charge in [0.1, 0.15) is 25.9 Å². The number of fused-ring (bicyclic) bond motifs is 3. The van der Waals surface area contributed by atoms with Crippen LogP contribution in [0.15, 0.2) is 72.8 Å². The first kappa shape index (κ1) is 27.3. The Morgan fingerprint density at radius 2 is 1.49 bits per heavy atom. The Bertz CT molecular complexity index is 1310. The molecule has 1 unspecified atom stereocenters. The largest absolute Gasteiger partial charge is 0.480 e. The Balaban J connectivity index is 1.33. The maximum atomic E-state index is 12.7. The third kappa shape index (κ3) is 6.99. The second kappa shape index (κ2) is 12.7. The second-order valence-electron chi connectivity index (χ2n) is 8.88. The summed E-state index contributed by atoms with van der Waals surface area (Å²) in [7, 11) is 1.24. The highest BCUT2D eigenvalue weighted by Gasteiger charge is 2.30. The van der Waals surface area contributed by atoms with E-state index >= 15 is 0 Å². The minimum absolute atomic E-state index is 0.109. The van der Waals surface area contributed by atoms with Crippen molar-refractivity contribution in [3.8, 4) is 11.1 Å². The number of aliphatic carboxylic acids is 1. The number of nitrogens with one attached hydrogen (secondary N) is 2. The van der Waals surface area contributed by atoms with Crippen molar-refractivity contribution in [3.05, 3.63) is 89.5 Å². The fraction of sp³-hybridized carbons (Fsp3) is 0.241. The molecule has 1 aliphatic carbocycles. The fourth-order valence-electron chi connectivity index (χ4n) is 4.51. The highest BCUT2D eigenvalue weighted by Crippen LogP contribution is 2.44. The van der Waals surface area contributed by atoms with Crippen molar-refractivity contribution in [1.29, 1.82) is 0 Å². The number of esters is 1. The lowest BCUT2D eigenvalue weighted by Gasteiger charge is -2.19. The van der Waals surface area contributed by atoms with Gasteiger partial charge in [0.25, 0.3) is 0 Å². The molecule has 0 aliphatic heterocycles. The first-order valence-corrected chi connectivity index (χ1v) is 12.2. The topological polar surface area (TPSA) is 140 Å². The van der Waals surface area contributed by atoms with Gasteiger partial charge >= 0.3 is 18.0 Å². The zero-order valence-electron chi connectivity index (χ0n) is 21.2. The quantitative estimate of drug-likeness (QED) is 0.320. The number of carboxylic acid groups (broad SMARTS) is 1. The van der Waals surface area contributed by atoms with Crippen LogP contribution in [-0.2, 0) is 35.0 Å². The lowest BCUT2D eigenvalue weighted by atomic mass is 9.98. The van der Waals surface area contributed by atoms with Gasteiger partial charge in [0.2, 0.25) is 5.91 Å². The van der Waals surface area contributed by atoms with E-state index in [2.05, 4.69) is 10.6 Å². The zero-order valence-corrected chi connectivity index (χ0v) is 21.2. The summed E-state index contributed by atoms with van der Waals surface area (Å²) in [5.74, 6) is -2.42. The predicted octanol–water partition coefficient (Wildman–Crippen LogP) is 3.35. The van der Waals surface area contributed by atoms with Crippen LogP contribution in [0.25, 0.3) is 11.1 Å². The molecule has 2 amide bonds. The second-order valence-corrected chi connectivity index (χ2v) is 8.88. The van der Waals surface area contributed by atoms with Crippen LogP contribution in [0.5, 0.6) is 0 Å². The number of carboxylic acids is 1. The molecule has 3 aromatic carbocycles. The number of carbonyl (C=O) groups excluding carboxylic acids is 3. The molecule has 4 rings (SSSR count). The van der Waals surface area contributed by atoms with Gasteiger partial charge < -0.3 is 30.0 Å². The molecular weight excluding hydrogens is 504 g/mol. The number of benzene rings is 3. The third-order valence-corrected chi connectivity index (χ3v) is 6.26. The molecule has 0 aromatic heterocycles. The standard InChI is InChI=1S/C29H28N2O8/c1-37-28(35)25(14-18-10-12-19(13-11-18)30-26(32)16-38-17-27(33)34)31-29(36)39-15-24-22-8-4-2-6-20(22)21-7-3-5-9-23(21)24/h2-13,24-25H,14-17H2,1H3,(H,30,32)(H,31,36)(H,33,34). The number of hydrogen-bond acceptors (Lipinski definition) is 7. The minimum atomic E-state index is -1.17. The Morgan fingerprint density at radius 3 is 2.08 bits per heavy atom. The predicted molar refractivity (Wildman–Crippen MR) is 141 cm³/mol. The van der Waals surface area contributed by atoms with Crippen molar-refractivity contribution < 1.29 is 38.5 Å². The van der Waals surface area contributed by atoms with Crippen LogP contribution < -0.4 is 10.6 Å². The molecule has 10 heteroatoms. The number of ether oxygens (including phenoxy) is 3. The van der Waals surface area contributed by atoms with Gasteiger partial charge in [0.05, 0.1) is 7.11 Å². The first-order valence-electron chi connectivity index (χ1n) is 12.2. The van der Waals surface area contributed by atoms with Crippen molar-refractivity contribution in [2.24, 2.45) is 0 Å². The van der Waals surface area contributed by atoms with Gasteiger partial charge in [-0.1, -0.05) is 60.7 Å². The van der Waals surface area contributed by atoms with E-state index in [-0.39, 0.29) is 18.9 Å². The summed E-state index contributed by atoms with van der Waals surface area (Å²) in [5, 5.41) is 13.7. The van der Waals surface area contributed by atoms with Gasteiger partial charge in [-0.25, -0.2) is 14.4 Å². The van der Waals surface area contributed by atoms with Crippen LogP contribution in [-0.4, -0.2) is 62.0 Å². The van der Waals surface area contributed by atoms with E-state index in [9.17, 15) is 19.2 Å². The van der Waals surface area contributed by atoms with Crippen molar-refractivity contribution in [2.45, 2.75) is 18.4 Å². The monoisotopic (exact) mass is 532 g/mol. The number of carbonyl (C=O) groups is 4. The molecule has 0 heterocycles. The smallest absolute Gasteiger partial charge is 0.407 e. The Morgan fingerprint density at radius 1 is 0.872 bits per heavy atom. The van der Waals surface area contributed by atoms with Crippen LogP contribution in [0.1, 0.15) is 22.6 Å². The van der Waals surface area contributed by atoms with E-state index in [1.54, 1.807) is 24.3 Å². The third-order valence-electron chi connectivity index (χ3n) is 6.26. The van der Waals surface area contributed by atoms with Gasteiger partial charge in [-0.2, -0.15) is 0 Å². The molecule has 0 spiro atoms.